The fourth-order valence-corrected chi connectivity index (χ4v) is 1.61. The van der Waals surface area contributed by atoms with Crippen LogP contribution in [0.3, 0.4) is 0 Å². The number of amides is 1. The normalized spacial score (nSPS) is 10.7. The van der Waals surface area contributed by atoms with Gasteiger partial charge in [-0.3, -0.25) is 9.89 Å². The minimum Gasteiger partial charge on any atom is -0.343 e. The number of aromatic amines is 1. The lowest BCUT2D eigenvalue weighted by atomic mass is 10.4. The van der Waals surface area contributed by atoms with E-state index in [4.69, 9.17) is 0 Å². The molecule has 0 aliphatic rings. The van der Waals surface area contributed by atoms with Crippen molar-refractivity contribution in [3.8, 4) is 0 Å². The first-order chi connectivity index (χ1) is 8.83. The Morgan fingerprint density at radius 3 is 3.17 bits per heavy atom. The molecule has 3 aromatic rings. The van der Waals surface area contributed by atoms with Crippen molar-refractivity contribution in [1.29, 1.82) is 0 Å². The molecule has 0 radical (unpaired) electrons. The third-order valence-electron chi connectivity index (χ3n) is 2.48. The van der Waals surface area contributed by atoms with Crippen LogP contribution < -0.4 is 5.32 Å². The summed E-state index contributed by atoms with van der Waals surface area (Å²) < 4.78 is 1.80. The number of nitrogens with zero attached hydrogens (tertiary/aromatic N) is 4. The number of carbonyl (C=O) groups excluding carboxylic acids is 1. The second kappa shape index (κ2) is 4.28. The number of rotatable bonds is 3. The second-order valence-corrected chi connectivity index (χ2v) is 3.71. The van der Waals surface area contributed by atoms with Crippen molar-refractivity contribution in [3.05, 3.63) is 48.4 Å². The number of H-pyrrole nitrogens is 1. The molecular weight excluding hydrogens is 232 g/mol. The van der Waals surface area contributed by atoms with E-state index in [1.165, 1.54) is 6.33 Å². The predicted octanol–water partition coefficient (Wildman–Crippen LogP) is 0.382. The van der Waals surface area contributed by atoms with Crippen molar-refractivity contribution >= 4 is 11.6 Å². The van der Waals surface area contributed by atoms with Gasteiger partial charge in [-0.15, -0.1) is 0 Å². The van der Waals surface area contributed by atoms with E-state index in [1.807, 2.05) is 24.4 Å². The molecule has 3 aromatic heterocycles. The average molecular weight is 242 g/mol. The van der Waals surface area contributed by atoms with Crippen molar-refractivity contribution < 1.29 is 4.79 Å². The number of carbonyl (C=O) groups is 1. The van der Waals surface area contributed by atoms with E-state index in [0.717, 1.165) is 5.65 Å². The highest BCUT2D eigenvalue weighted by Gasteiger charge is 2.10. The van der Waals surface area contributed by atoms with Gasteiger partial charge in [-0.25, -0.2) is 9.97 Å². The monoisotopic (exact) mass is 242 g/mol. The number of aromatic nitrogens is 5. The molecule has 1 amide bonds. The second-order valence-electron chi connectivity index (χ2n) is 3.71. The summed E-state index contributed by atoms with van der Waals surface area (Å²) in [6.07, 6.45) is 4.92. The number of hydrogen-bond acceptors (Lipinski definition) is 4. The topological polar surface area (TPSA) is 88.0 Å². The Hall–Kier alpha value is -2.70. The molecular formula is C11H10N6O. The lowest BCUT2D eigenvalue weighted by molar-refractivity contribution is 0.0945. The molecule has 3 rings (SSSR count). The lowest BCUT2D eigenvalue weighted by Gasteiger charge is -1.98. The van der Waals surface area contributed by atoms with Gasteiger partial charge in [0.15, 0.2) is 0 Å². The van der Waals surface area contributed by atoms with E-state index in [2.05, 4.69) is 25.5 Å². The third-order valence-corrected chi connectivity index (χ3v) is 2.48. The number of imidazole rings is 1. The van der Waals surface area contributed by atoms with Crippen molar-refractivity contribution in [3.63, 3.8) is 0 Å². The lowest BCUT2D eigenvalue weighted by Crippen LogP contribution is -2.23. The van der Waals surface area contributed by atoms with Gasteiger partial charge in [0.2, 0.25) is 0 Å². The van der Waals surface area contributed by atoms with Crippen molar-refractivity contribution in [2.24, 2.45) is 0 Å². The van der Waals surface area contributed by atoms with Gasteiger partial charge >= 0.3 is 0 Å². The molecule has 90 valence electrons. The molecule has 7 nitrogen and oxygen atoms in total. The van der Waals surface area contributed by atoms with E-state index in [0.29, 0.717) is 18.1 Å². The van der Waals surface area contributed by atoms with Gasteiger partial charge in [-0.2, -0.15) is 5.10 Å². The minimum atomic E-state index is -0.241. The zero-order valence-corrected chi connectivity index (χ0v) is 9.37. The van der Waals surface area contributed by atoms with Gasteiger partial charge in [0, 0.05) is 12.4 Å². The summed E-state index contributed by atoms with van der Waals surface area (Å²) in [5, 5.41) is 9.08. The summed E-state index contributed by atoms with van der Waals surface area (Å²) in [7, 11) is 0. The first-order valence-corrected chi connectivity index (χ1v) is 5.39. The van der Waals surface area contributed by atoms with E-state index in [9.17, 15) is 4.79 Å². The van der Waals surface area contributed by atoms with Crippen LogP contribution in [0.25, 0.3) is 5.65 Å². The summed E-state index contributed by atoms with van der Waals surface area (Å²) in [5.74, 6) is 0.363. The maximum absolute atomic E-state index is 11.9. The van der Waals surface area contributed by atoms with Crippen LogP contribution in [0.2, 0.25) is 0 Å². The Kier molecular flexibility index (Phi) is 2.49. The summed E-state index contributed by atoms with van der Waals surface area (Å²) in [4.78, 5) is 20.0. The molecule has 0 saturated heterocycles. The van der Waals surface area contributed by atoms with Gasteiger partial charge in [-0.1, -0.05) is 6.07 Å². The van der Waals surface area contributed by atoms with Crippen LogP contribution >= 0.6 is 0 Å². The molecule has 3 heterocycles. The molecule has 0 spiro atoms. The SMILES string of the molecule is O=C(NCc1ncn[nH]1)c1cn2ccccc2n1. The molecule has 7 heteroatoms. The molecule has 18 heavy (non-hydrogen) atoms. The van der Waals surface area contributed by atoms with Crippen LogP contribution in [-0.4, -0.2) is 30.5 Å². The van der Waals surface area contributed by atoms with Crippen LogP contribution in [0.5, 0.6) is 0 Å². The molecule has 0 bridgehead atoms. The van der Waals surface area contributed by atoms with Crippen molar-refractivity contribution in [2.75, 3.05) is 0 Å². The largest absolute Gasteiger partial charge is 0.343 e. The summed E-state index contributed by atoms with van der Waals surface area (Å²) in [6, 6.07) is 5.59. The van der Waals surface area contributed by atoms with Gasteiger partial charge in [0.05, 0.1) is 6.54 Å². The zero-order valence-electron chi connectivity index (χ0n) is 9.37. The quantitative estimate of drug-likeness (QED) is 0.695. The van der Waals surface area contributed by atoms with E-state index in [-0.39, 0.29) is 5.91 Å². The van der Waals surface area contributed by atoms with Gasteiger partial charge in [0.1, 0.15) is 23.5 Å². The Labute approximate surface area is 102 Å². The molecule has 2 N–H and O–H groups in total. The molecule has 0 fully saturated rings. The van der Waals surface area contributed by atoms with Gasteiger partial charge < -0.3 is 9.72 Å². The first-order valence-electron chi connectivity index (χ1n) is 5.39. The Balaban J connectivity index is 1.75. The Morgan fingerprint density at radius 1 is 1.44 bits per heavy atom. The molecule has 0 aromatic carbocycles. The zero-order chi connectivity index (χ0) is 12.4. The van der Waals surface area contributed by atoms with E-state index >= 15 is 0 Å². The van der Waals surface area contributed by atoms with Crippen LogP contribution in [0, 0.1) is 0 Å². The predicted molar refractivity (Wildman–Crippen MR) is 62.7 cm³/mol. The average Bonchev–Trinajstić information content (AvgIpc) is 3.04. The fourth-order valence-electron chi connectivity index (χ4n) is 1.61. The smallest absolute Gasteiger partial charge is 0.271 e. The van der Waals surface area contributed by atoms with Crippen LogP contribution in [-0.2, 0) is 6.54 Å². The van der Waals surface area contributed by atoms with Gasteiger partial charge in [0.25, 0.3) is 5.91 Å². The molecule has 0 atom stereocenters. The molecule has 0 aliphatic carbocycles. The van der Waals surface area contributed by atoms with Crippen molar-refractivity contribution in [1.82, 2.24) is 29.9 Å². The summed E-state index contributed by atoms with van der Waals surface area (Å²) in [6.45, 7) is 0.298. The number of pyridine rings is 1. The summed E-state index contributed by atoms with van der Waals surface area (Å²) >= 11 is 0. The fraction of sp³-hybridized carbons (Fsp3) is 0.0909. The maximum atomic E-state index is 11.9. The Morgan fingerprint density at radius 2 is 2.39 bits per heavy atom. The number of hydrogen-bond donors (Lipinski definition) is 2. The maximum Gasteiger partial charge on any atom is 0.271 e. The number of nitrogens with one attached hydrogen (secondary N) is 2. The molecule has 0 aliphatic heterocycles. The van der Waals surface area contributed by atoms with Crippen LogP contribution in [0.1, 0.15) is 16.3 Å². The van der Waals surface area contributed by atoms with E-state index in [1.54, 1.807) is 10.6 Å². The highest BCUT2D eigenvalue weighted by atomic mass is 16.1. The summed E-state index contributed by atoms with van der Waals surface area (Å²) in [5.41, 5.74) is 1.11. The highest BCUT2D eigenvalue weighted by molar-refractivity contribution is 5.92. The standard InChI is InChI=1S/C11H10N6O/c18-11(12-5-9-13-7-14-16-9)8-6-17-4-2-1-3-10(17)15-8/h1-4,6-7H,5H2,(H,12,18)(H,13,14,16). The van der Waals surface area contributed by atoms with Crippen LogP contribution in [0.15, 0.2) is 36.9 Å². The minimum absolute atomic E-state index is 0.241. The Bertz CT molecular complexity index is 639. The van der Waals surface area contributed by atoms with Gasteiger partial charge in [-0.05, 0) is 12.1 Å². The first kappa shape index (κ1) is 10.5. The number of fused-ring (bicyclic) bond motifs is 1. The van der Waals surface area contributed by atoms with Crippen LogP contribution in [0.4, 0.5) is 0 Å². The molecule has 0 saturated carbocycles. The third kappa shape index (κ3) is 1.93. The molecule has 0 unspecified atom stereocenters. The van der Waals surface area contributed by atoms with Crippen molar-refractivity contribution in [2.45, 2.75) is 6.54 Å². The highest BCUT2D eigenvalue weighted by Crippen LogP contribution is 2.04. The van der Waals surface area contributed by atoms with E-state index < -0.39 is 0 Å².